The molecule has 2 aliphatic rings. The third-order valence-electron chi connectivity index (χ3n) is 11.9. The minimum absolute atomic E-state index is 0. The van der Waals surface area contributed by atoms with Crippen molar-refractivity contribution in [3.05, 3.63) is 29.3 Å². The Morgan fingerprint density at radius 3 is 1.78 bits per heavy atom. The number of amides is 6. The van der Waals surface area contributed by atoms with E-state index in [4.69, 9.17) is 0 Å². The Hall–Kier alpha value is -3.84. The number of nitrogens with one attached hydrogen (secondary N) is 4. The molecule has 1 unspecified atom stereocenters. The van der Waals surface area contributed by atoms with E-state index in [-0.39, 0.29) is 179 Å². The molecule has 2 saturated heterocycles. The number of aryl methyl sites for hydroxylation is 1. The smallest absolute Gasteiger partial charge is 0.319 e. The molecule has 0 aromatic heterocycles. The van der Waals surface area contributed by atoms with Crippen molar-refractivity contribution in [3.63, 3.8) is 0 Å². The Morgan fingerprint density at radius 2 is 1.33 bits per heavy atom. The maximum atomic E-state index is 13.7. The van der Waals surface area contributed by atoms with Gasteiger partial charge in [-0.25, -0.2) is 4.79 Å². The van der Waals surface area contributed by atoms with E-state index in [1.807, 2.05) is 25.0 Å². The Kier molecular flexibility index (Phi) is 27.1. The molecule has 0 aliphatic carbocycles. The number of carboxylic acids is 3. The molecule has 0 bridgehead atoms. The van der Waals surface area contributed by atoms with Gasteiger partial charge in [0.15, 0.2) is 5.78 Å². The van der Waals surface area contributed by atoms with Crippen molar-refractivity contribution in [3.8, 4) is 0 Å². The molecule has 1 aromatic carbocycles. The summed E-state index contributed by atoms with van der Waals surface area (Å²) in [5.41, 5.74) is 1.90. The third kappa shape index (κ3) is 21.6. The van der Waals surface area contributed by atoms with Crippen molar-refractivity contribution in [1.29, 1.82) is 0 Å². The number of hydrogen-bond donors (Lipinski definition) is 7. The first-order valence-electron chi connectivity index (χ1n) is 22.4. The quantitative estimate of drug-likeness (QED) is 0.0693. The van der Waals surface area contributed by atoms with Gasteiger partial charge in [-0.05, 0) is 48.5 Å². The van der Waals surface area contributed by atoms with Crippen molar-refractivity contribution >= 4 is 70.8 Å². The number of carbonyl (C=O) groups is 9. The molecule has 21 nitrogen and oxygen atoms in total. The van der Waals surface area contributed by atoms with E-state index in [1.54, 1.807) is 46.7 Å². The maximum Gasteiger partial charge on any atom is 0.319 e. The van der Waals surface area contributed by atoms with Crippen molar-refractivity contribution < 1.29 is 98.4 Å². The van der Waals surface area contributed by atoms with Gasteiger partial charge in [0.2, 0.25) is 23.6 Å². The van der Waals surface area contributed by atoms with Gasteiger partial charge >= 0.3 is 23.9 Å². The number of nitrogens with zero attached hydrogens (tertiary/aromatic N) is 5. The number of rotatable bonds is 24. The van der Waals surface area contributed by atoms with Crippen LogP contribution < -0.4 is 21.3 Å². The maximum absolute atomic E-state index is 13.7. The number of aliphatic carboxylic acids is 3. The number of thioether (sulfide) groups is 1. The molecule has 4 atom stereocenters. The van der Waals surface area contributed by atoms with Crippen LogP contribution in [0, 0.1) is 64.6 Å². The monoisotopic (exact) mass is 1110 g/mol. The average molecular weight is 1110 g/mol. The van der Waals surface area contributed by atoms with Crippen molar-refractivity contribution in [2.24, 2.45) is 17.8 Å². The summed E-state index contributed by atoms with van der Waals surface area (Å²) in [5, 5.41) is 39.7. The SMILES string of the molecule is CC[C@H](C)[C@H](CC(=O)[C@H](CCSC)NC(=O)Nc1ccc(CNC(=O)CN2CCN(CC(=O)O)CCN(CC(=O)O)CCN(CC(=O)O)CC2)cc1C)C(=O)NCCN1C(=O)CC(C)C1=O.[Gd]. The van der Waals surface area contributed by atoms with Crippen LogP contribution in [0.15, 0.2) is 18.2 Å². The van der Waals surface area contributed by atoms with Gasteiger partial charge in [0, 0.05) is 142 Å². The van der Waals surface area contributed by atoms with Crippen molar-refractivity contribution in [2.75, 3.05) is 109 Å². The van der Waals surface area contributed by atoms with Crippen LogP contribution in [0.4, 0.5) is 10.5 Å². The molecule has 7 N–H and O–H groups in total. The second kappa shape index (κ2) is 30.6. The van der Waals surface area contributed by atoms with Crippen LogP contribution in [0.25, 0.3) is 0 Å². The van der Waals surface area contributed by atoms with Gasteiger partial charge < -0.3 is 36.6 Å². The van der Waals surface area contributed by atoms with Gasteiger partial charge in [-0.1, -0.05) is 39.3 Å². The van der Waals surface area contributed by atoms with E-state index in [1.165, 1.54) is 11.8 Å². The Bertz CT molecular complexity index is 1850. The molecule has 67 heavy (non-hydrogen) atoms. The van der Waals surface area contributed by atoms with Gasteiger partial charge in [0.1, 0.15) is 0 Å². The van der Waals surface area contributed by atoms with Gasteiger partial charge in [-0.3, -0.25) is 62.9 Å². The van der Waals surface area contributed by atoms with E-state index in [0.29, 0.717) is 42.9 Å². The van der Waals surface area contributed by atoms with Crippen LogP contribution in [0.1, 0.15) is 57.6 Å². The first-order valence-corrected chi connectivity index (χ1v) is 23.8. The summed E-state index contributed by atoms with van der Waals surface area (Å²) in [6.07, 6.45) is 2.87. The van der Waals surface area contributed by atoms with E-state index in [2.05, 4.69) is 21.3 Å². The molecular formula is C44H69GdN9O12S. The normalized spacial score (nSPS) is 18.3. The Morgan fingerprint density at radius 1 is 0.806 bits per heavy atom. The van der Waals surface area contributed by atoms with Crippen LogP contribution >= 0.6 is 11.8 Å². The number of imide groups is 1. The zero-order chi connectivity index (χ0) is 48.9. The Labute approximate surface area is 428 Å². The fourth-order valence-corrected chi connectivity index (χ4v) is 8.26. The topological polar surface area (TPSA) is 279 Å². The summed E-state index contributed by atoms with van der Waals surface area (Å²) in [5.74, 6) is -5.32. The minimum Gasteiger partial charge on any atom is -0.480 e. The summed E-state index contributed by atoms with van der Waals surface area (Å²) in [7, 11) is 0. The number of ketones is 1. The van der Waals surface area contributed by atoms with Crippen LogP contribution in [-0.4, -0.2) is 203 Å². The number of carboxylic acid groups (broad SMARTS) is 3. The number of Topliss-reactive ketones (excluding diaryl/α,β-unsaturated/α-hetero) is 1. The minimum atomic E-state index is -1.05. The second-order valence-corrected chi connectivity index (χ2v) is 18.1. The van der Waals surface area contributed by atoms with Gasteiger partial charge in [0.05, 0.1) is 32.2 Å². The predicted octanol–water partition coefficient (Wildman–Crippen LogP) is 0.463. The fraction of sp³-hybridized carbons (Fsp3) is 0.659. The van der Waals surface area contributed by atoms with E-state index < -0.39 is 35.9 Å². The molecule has 0 saturated carbocycles. The first-order chi connectivity index (χ1) is 31.3. The zero-order valence-electron chi connectivity index (χ0n) is 39.2. The number of hydrogen-bond acceptors (Lipinski definition) is 14. The fourth-order valence-electron chi connectivity index (χ4n) is 7.79. The van der Waals surface area contributed by atoms with Gasteiger partial charge in [-0.15, -0.1) is 0 Å². The molecule has 2 aliphatic heterocycles. The average Bonchev–Trinajstić information content (AvgIpc) is 3.49. The van der Waals surface area contributed by atoms with Gasteiger partial charge in [0.25, 0.3) is 0 Å². The van der Waals surface area contributed by atoms with Crippen LogP contribution in [-0.2, 0) is 44.9 Å². The van der Waals surface area contributed by atoms with E-state index >= 15 is 0 Å². The molecule has 376 valence electrons. The third-order valence-corrected chi connectivity index (χ3v) is 12.5. The van der Waals surface area contributed by atoms with Crippen molar-refractivity contribution in [1.82, 2.24) is 40.4 Å². The van der Waals surface area contributed by atoms with Crippen molar-refractivity contribution in [2.45, 2.75) is 66.0 Å². The first kappa shape index (κ1) is 59.3. The Balaban J connectivity index is 0.0000154. The molecule has 23 heteroatoms. The summed E-state index contributed by atoms with van der Waals surface area (Å²) in [6.45, 7) is 8.86. The molecule has 6 amide bonds. The summed E-state index contributed by atoms with van der Waals surface area (Å²) in [4.78, 5) is 121. The second-order valence-electron chi connectivity index (χ2n) is 17.1. The molecule has 0 radical (unpaired) electrons. The van der Waals surface area contributed by atoms with E-state index in [0.717, 1.165) is 10.5 Å². The number of benzene rings is 1. The molecule has 2 heterocycles. The summed E-state index contributed by atoms with van der Waals surface area (Å²) < 4.78 is 0. The van der Waals surface area contributed by atoms with Crippen LogP contribution in [0.5, 0.6) is 0 Å². The number of carbonyl (C=O) groups excluding carboxylic acids is 6. The summed E-state index contributed by atoms with van der Waals surface area (Å²) >= 11 is 1.51. The number of likely N-dealkylation sites (tertiary alicyclic amines) is 1. The molecule has 0 spiro atoms. The summed E-state index contributed by atoms with van der Waals surface area (Å²) in [6, 6.07) is 3.74. The predicted molar refractivity (Wildman–Crippen MR) is 247 cm³/mol. The number of urea groups is 1. The van der Waals surface area contributed by atoms with Gasteiger partial charge in [-0.2, -0.15) is 11.8 Å². The number of anilines is 1. The molecular weight excluding hydrogens is 1040 g/mol. The molecule has 1 aromatic rings. The largest absolute Gasteiger partial charge is 0.480 e. The molecule has 2 fully saturated rings. The standard InChI is InChI=1S/C44H69N9O12S.Gd/c1-6-29(2)33(42(63)45-10-11-53-38(56)22-31(4)43(53)64)23-36(54)35(9-20-66-5)48-44(65)47-34-8-7-32(21-30(34)3)24-46-37(55)25-49-12-14-50(26-39(57)58)16-18-52(28-41(61)62)19-17-51(15-13-49)27-40(59)60;/h7-8,21,29,31,33,35H,6,9-20,22-28H2,1-5H3,(H,45,63)(H,46,55)(H,57,58)(H,59,60)(H,61,62)(H2,47,48,65);/t29-,31?,33-,35-;/m0./s1. The van der Waals surface area contributed by atoms with Crippen LogP contribution in [0.3, 0.4) is 0 Å². The van der Waals surface area contributed by atoms with Crippen LogP contribution in [0.2, 0.25) is 0 Å². The van der Waals surface area contributed by atoms with E-state index in [9.17, 15) is 58.5 Å². The molecule has 3 rings (SSSR count). The zero-order valence-corrected chi connectivity index (χ0v) is 42.3.